The summed E-state index contributed by atoms with van der Waals surface area (Å²) >= 11 is 0. The Morgan fingerprint density at radius 1 is 1.05 bits per heavy atom. The second-order valence-electron chi connectivity index (χ2n) is 7.57. The molecule has 0 radical (unpaired) electrons. The van der Waals surface area contributed by atoms with Gasteiger partial charge in [-0.25, -0.2) is 0 Å². The number of likely N-dealkylation sites (N-methyl/N-ethyl adjacent to an activating group) is 1. The number of hydrogen-bond donors (Lipinski definition) is 1. The zero-order valence-corrected chi connectivity index (χ0v) is 13.4. The van der Waals surface area contributed by atoms with Crippen LogP contribution in [-0.4, -0.2) is 25.3 Å². The average molecular weight is 267 g/mol. The van der Waals surface area contributed by atoms with Crippen LogP contribution in [0.5, 0.6) is 0 Å². The van der Waals surface area contributed by atoms with Crippen molar-refractivity contribution in [3.8, 4) is 0 Å². The topological polar surface area (TPSA) is 21.3 Å². The molecule has 2 nitrogen and oxygen atoms in total. The van der Waals surface area contributed by atoms with Crippen LogP contribution < -0.4 is 5.32 Å². The third-order valence-corrected chi connectivity index (χ3v) is 5.10. The minimum atomic E-state index is 0.119. The van der Waals surface area contributed by atoms with Crippen LogP contribution in [-0.2, 0) is 4.74 Å². The van der Waals surface area contributed by atoms with Gasteiger partial charge in [-0.2, -0.15) is 0 Å². The molecule has 2 aliphatic carbocycles. The molecule has 2 aliphatic rings. The highest BCUT2D eigenvalue weighted by molar-refractivity contribution is 4.91. The lowest BCUT2D eigenvalue weighted by molar-refractivity contribution is -0.138. The summed E-state index contributed by atoms with van der Waals surface area (Å²) < 4.78 is 6.71. The van der Waals surface area contributed by atoms with Crippen LogP contribution in [0.2, 0.25) is 0 Å². The van der Waals surface area contributed by atoms with Gasteiger partial charge in [-0.3, -0.25) is 0 Å². The van der Waals surface area contributed by atoms with E-state index in [1.165, 1.54) is 44.9 Å². The zero-order valence-electron chi connectivity index (χ0n) is 13.4. The monoisotopic (exact) mass is 267 g/mol. The van der Waals surface area contributed by atoms with E-state index in [1.807, 2.05) is 0 Å². The van der Waals surface area contributed by atoms with E-state index >= 15 is 0 Å². The van der Waals surface area contributed by atoms with E-state index in [0.717, 1.165) is 24.3 Å². The minimum absolute atomic E-state index is 0.119. The highest BCUT2D eigenvalue weighted by atomic mass is 16.5. The van der Waals surface area contributed by atoms with Crippen molar-refractivity contribution in [1.29, 1.82) is 0 Å². The van der Waals surface area contributed by atoms with Gasteiger partial charge in [0.05, 0.1) is 11.7 Å². The Balaban J connectivity index is 1.99. The molecule has 4 atom stereocenters. The van der Waals surface area contributed by atoms with Crippen molar-refractivity contribution in [2.45, 2.75) is 77.4 Å². The summed E-state index contributed by atoms with van der Waals surface area (Å²) in [6, 6.07) is 0. The van der Waals surface area contributed by atoms with Crippen molar-refractivity contribution >= 4 is 0 Å². The number of hydrogen-bond acceptors (Lipinski definition) is 2. The molecule has 0 spiro atoms. The van der Waals surface area contributed by atoms with Gasteiger partial charge in [0.2, 0.25) is 0 Å². The first-order valence-electron chi connectivity index (χ1n) is 8.35. The largest absolute Gasteiger partial charge is 0.370 e. The quantitative estimate of drug-likeness (QED) is 0.831. The van der Waals surface area contributed by atoms with Crippen LogP contribution in [0.15, 0.2) is 0 Å². The van der Waals surface area contributed by atoms with Crippen molar-refractivity contribution in [3.05, 3.63) is 0 Å². The molecular formula is C17H33NO. The molecule has 0 saturated heterocycles. The van der Waals surface area contributed by atoms with E-state index < -0.39 is 0 Å². The number of rotatable bonds is 4. The maximum absolute atomic E-state index is 6.71. The number of nitrogens with one attached hydrogen (secondary N) is 1. The van der Waals surface area contributed by atoms with Crippen molar-refractivity contribution in [2.24, 2.45) is 17.8 Å². The first-order chi connectivity index (χ1) is 9.03. The molecule has 19 heavy (non-hydrogen) atoms. The van der Waals surface area contributed by atoms with Gasteiger partial charge < -0.3 is 10.1 Å². The van der Waals surface area contributed by atoms with Gasteiger partial charge in [-0.1, -0.05) is 33.6 Å². The molecule has 2 heteroatoms. The van der Waals surface area contributed by atoms with Crippen LogP contribution in [0.4, 0.5) is 0 Å². The van der Waals surface area contributed by atoms with E-state index in [9.17, 15) is 0 Å². The summed E-state index contributed by atoms with van der Waals surface area (Å²) in [5, 5.41) is 3.39. The highest BCUT2D eigenvalue weighted by Crippen LogP contribution is 2.39. The normalized spacial score (nSPS) is 44.2. The summed E-state index contributed by atoms with van der Waals surface area (Å²) in [5.41, 5.74) is 0.119. The van der Waals surface area contributed by atoms with Crippen LogP contribution in [0.3, 0.4) is 0 Å². The fourth-order valence-corrected chi connectivity index (χ4v) is 4.57. The summed E-state index contributed by atoms with van der Waals surface area (Å²) in [5.74, 6) is 2.49. The third-order valence-electron chi connectivity index (χ3n) is 5.10. The van der Waals surface area contributed by atoms with Crippen LogP contribution in [0.25, 0.3) is 0 Å². The highest BCUT2D eigenvalue weighted by Gasteiger charge is 2.39. The molecule has 0 aromatic carbocycles. The van der Waals surface area contributed by atoms with Crippen LogP contribution in [0, 0.1) is 17.8 Å². The summed E-state index contributed by atoms with van der Waals surface area (Å²) in [6.45, 7) is 8.19. The van der Waals surface area contributed by atoms with E-state index in [4.69, 9.17) is 4.74 Å². The summed E-state index contributed by atoms with van der Waals surface area (Å²) in [4.78, 5) is 0. The zero-order chi connectivity index (χ0) is 13.9. The van der Waals surface area contributed by atoms with Crippen molar-refractivity contribution in [1.82, 2.24) is 5.32 Å². The van der Waals surface area contributed by atoms with Gasteiger partial charge in [0.1, 0.15) is 0 Å². The molecule has 0 aliphatic heterocycles. The van der Waals surface area contributed by atoms with Gasteiger partial charge in [0, 0.05) is 6.54 Å². The van der Waals surface area contributed by atoms with E-state index in [-0.39, 0.29) is 5.60 Å². The first kappa shape index (κ1) is 15.3. The molecule has 2 fully saturated rings. The summed E-state index contributed by atoms with van der Waals surface area (Å²) in [6.07, 6.45) is 9.62. The fourth-order valence-electron chi connectivity index (χ4n) is 4.57. The molecule has 1 N–H and O–H groups in total. The lowest BCUT2D eigenvalue weighted by Gasteiger charge is -2.44. The van der Waals surface area contributed by atoms with Gasteiger partial charge >= 0.3 is 0 Å². The molecule has 2 rings (SSSR count). The molecule has 4 unspecified atom stereocenters. The Morgan fingerprint density at radius 2 is 1.74 bits per heavy atom. The Kier molecular flexibility index (Phi) is 5.30. The third kappa shape index (κ3) is 4.19. The van der Waals surface area contributed by atoms with Gasteiger partial charge in [0.15, 0.2) is 0 Å². The smallest absolute Gasteiger partial charge is 0.0812 e. The maximum Gasteiger partial charge on any atom is 0.0812 e. The summed E-state index contributed by atoms with van der Waals surface area (Å²) in [7, 11) is 2.07. The standard InChI is InChI=1S/C17H33NO/c1-13-6-5-7-17(11-13,12-18-4)19-16-9-14(2)8-15(3)10-16/h13-16,18H,5-12H2,1-4H3. The SMILES string of the molecule is CNCC1(OC2CC(C)CC(C)C2)CCCC(C)C1. The predicted octanol–water partition coefficient (Wildman–Crippen LogP) is 4.00. The molecule has 0 heterocycles. The van der Waals surface area contributed by atoms with Crippen LogP contribution >= 0.6 is 0 Å². The minimum Gasteiger partial charge on any atom is -0.370 e. The lowest BCUT2D eigenvalue weighted by atomic mass is 9.77. The first-order valence-corrected chi connectivity index (χ1v) is 8.35. The van der Waals surface area contributed by atoms with Gasteiger partial charge in [-0.15, -0.1) is 0 Å². The Hall–Kier alpha value is -0.0800. The Bertz CT molecular complexity index is 266. The molecule has 112 valence electrons. The molecular weight excluding hydrogens is 234 g/mol. The van der Waals surface area contributed by atoms with Gasteiger partial charge in [0.25, 0.3) is 0 Å². The number of ether oxygens (including phenoxy) is 1. The molecule has 0 amide bonds. The Labute approximate surface area is 119 Å². The second kappa shape index (κ2) is 6.58. The maximum atomic E-state index is 6.71. The van der Waals surface area contributed by atoms with Crippen molar-refractivity contribution < 1.29 is 4.74 Å². The van der Waals surface area contributed by atoms with Crippen molar-refractivity contribution in [3.63, 3.8) is 0 Å². The van der Waals surface area contributed by atoms with E-state index in [2.05, 4.69) is 33.1 Å². The molecule has 0 bridgehead atoms. The molecule has 0 aromatic heterocycles. The second-order valence-corrected chi connectivity index (χ2v) is 7.57. The fraction of sp³-hybridized carbons (Fsp3) is 1.00. The predicted molar refractivity (Wildman–Crippen MR) is 81.3 cm³/mol. The van der Waals surface area contributed by atoms with Crippen molar-refractivity contribution in [2.75, 3.05) is 13.6 Å². The van der Waals surface area contributed by atoms with E-state index in [0.29, 0.717) is 6.10 Å². The Morgan fingerprint density at radius 3 is 2.32 bits per heavy atom. The molecule has 0 aromatic rings. The van der Waals surface area contributed by atoms with Crippen LogP contribution in [0.1, 0.15) is 65.7 Å². The van der Waals surface area contributed by atoms with Gasteiger partial charge in [-0.05, 0) is 56.9 Å². The van der Waals surface area contributed by atoms with E-state index in [1.54, 1.807) is 0 Å². The lowest BCUT2D eigenvalue weighted by Crippen LogP contribution is -2.48. The average Bonchev–Trinajstić information content (AvgIpc) is 2.27. The molecule has 2 saturated carbocycles.